The Balaban J connectivity index is 3.63. The van der Waals surface area contributed by atoms with Crippen molar-refractivity contribution in [1.82, 2.24) is 4.31 Å². The van der Waals surface area contributed by atoms with Gasteiger partial charge in [0.2, 0.25) is 0 Å². The summed E-state index contributed by atoms with van der Waals surface area (Å²) in [6, 6.07) is -0.870. The van der Waals surface area contributed by atoms with Crippen LogP contribution in [0.3, 0.4) is 0 Å². The van der Waals surface area contributed by atoms with Crippen LogP contribution < -0.4 is 5.73 Å². The zero-order chi connectivity index (χ0) is 5.86. The quantitative estimate of drug-likeness (QED) is 0.259. The van der Waals surface area contributed by atoms with Crippen molar-refractivity contribution < 1.29 is 4.79 Å². The zero-order valence-electron chi connectivity index (χ0n) is 3.33. The van der Waals surface area contributed by atoms with Crippen LogP contribution in [0.4, 0.5) is 4.79 Å². The number of urea groups is 1. The Hall–Kier alpha value is -0.890. The van der Waals surface area contributed by atoms with Crippen molar-refractivity contribution in [3.8, 4) is 6.19 Å². The number of amides is 2. The van der Waals surface area contributed by atoms with Crippen LogP contribution in [0.25, 0.3) is 0 Å². The van der Waals surface area contributed by atoms with E-state index in [0.717, 1.165) is 0 Å². The molecule has 0 aromatic rings. The van der Waals surface area contributed by atoms with Crippen LogP contribution in [0.5, 0.6) is 0 Å². The molecule has 0 aliphatic heterocycles. The van der Waals surface area contributed by atoms with Gasteiger partial charge in [0, 0.05) is 0 Å². The molecule has 0 saturated carbocycles. The van der Waals surface area contributed by atoms with Crippen molar-refractivity contribution in [2.45, 2.75) is 0 Å². The van der Waals surface area contributed by atoms with Gasteiger partial charge in [0.05, 0.1) is 0 Å². The second kappa shape index (κ2) is 2.31. The molecular weight excluding hydrogens is 114 g/mol. The van der Waals surface area contributed by atoms with E-state index < -0.39 is 6.03 Å². The fourth-order valence-electron chi connectivity index (χ4n) is 0.0493. The molecule has 2 N–H and O–H groups in total. The van der Waals surface area contributed by atoms with E-state index in [2.05, 4.69) is 18.5 Å². The van der Waals surface area contributed by atoms with Crippen molar-refractivity contribution >= 4 is 18.8 Å². The van der Waals surface area contributed by atoms with Gasteiger partial charge in [-0.15, -0.1) is 0 Å². The van der Waals surface area contributed by atoms with Crippen molar-refractivity contribution in [2.24, 2.45) is 5.73 Å². The van der Waals surface area contributed by atoms with Crippen LogP contribution in [-0.2, 0) is 0 Å². The molecule has 0 aliphatic rings. The maximum Gasteiger partial charge on any atom is 0.338 e. The van der Waals surface area contributed by atoms with Gasteiger partial charge in [0.1, 0.15) is 0 Å². The molecule has 0 rings (SSSR count). The second-order valence-electron chi connectivity index (χ2n) is 0.750. The van der Waals surface area contributed by atoms with Crippen molar-refractivity contribution in [3.63, 3.8) is 0 Å². The number of primary amides is 1. The normalized spacial score (nSPS) is 6.86. The Kier molecular flexibility index (Phi) is 2.02. The van der Waals surface area contributed by atoms with Crippen molar-refractivity contribution in [3.05, 3.63) is 0 Å². The van der Waals surface area contributed by atoms with Crippen LogP contribution in [0.2, 0.25) is 0 Å². The standard InChI is InChI=1S/C2H3N3OS/c3-1-5(7)2(4)6/h7H,(H2,4,6). The molecule has 0 spiro atoms. The molecule has 0 heterocycles. The highest BCUT2D eigenvalue weighted by Gasteiger charge is 1.97. The summed E-state index contributed by atoms with van der Waals surface area (Å²) in [4.78, 5) is 9.78. The predicted molar refractivity (Wildman–Crippen MR) is 26.0 cm³/mol. The van der Waals surface area contributed by atoms with Gasteiger partial charge < -0.3 is 5.73 Å². The molecule has 4 nitrogen and oxygen atoms in total. The number of nitriles is 1. The number of nitrogens with zero attached hydrogens (tertiary/aromatic N) is 2. The van der Waals surface area contributed by atoms with Gasteiger partial charge in [-0.1, -0.05) is 0 Å². The first kappa shape index (κ1) is 6.11. The molecule has 0 bridgehead atoms. The van der Waals surface area contributed by atoms with Gasteiger partial charge in [0.25, 0.3) is 0 Å². The van der Waals surface area contributed by atoms with Gasteiger partial charge in [-0.2, -0.15) is 9.57 Å². The molecule has 0 saturated heterocycles. The second-order valence-corrected chi connectivity index (χ2v) is 1.15. The Morgan fingerprint density at radius 2 is 2.43 bits per heavy atom. The summed E-state index contributed by atoms with van der Waals surface area (Å²) in [5.74, 6) is 0. The molecule has 0 fully saturated rings. The Bertz CT molecular complexity index is 117. The van der Waals surface area contributed by atoms with E-state index in [4.69, 9.17) is 5.26 Å². The molecule has 2 amide bonds. The van der Waals surface area contributed by atoms with Crippen molar-refractivity contribution in [2.75, 3.05) is 0 Å². The highest BCUT2D eigenvalue weighted by Crippen LogP contribution is 1.84. The molecule has 0 aromatic heterocycles. The molecule has 0 aromatic carbocycles. The third kappa shape index (κ3) is 1.89. The summed E-state index contributed by atoms with van der Waals surface area (Å²) in [7, 11) is 0. The van der Waals surface area contributed by atoms with Crippen LogP contribution in [0.15, 0.2) is 0 Å². The lowest BCUT2D eigenvalue weighted by Crippen LogP contribution is -2.22. The lowest BCUT2D eigenvalue weighted by molar-refractivity contribution is 0.243. The highest BCUT2D eigenvalue weighted by molar-refractivity contribution is 7.78. The summed E-state index contributed by atoms with van der Waals surface area (Å²) in [5, 5.41) is 7.80. The fourth-order valence-corrected chi connectivity index (χ4v) is 0.0493. The third-order valence-electron chi connectivity index (χ3n) is 0.303. The molecule has 0 aliphatic carbocycles. The summed E-state index contributed by atoms with van der Waals surface area (Å²) in [6.45, 7) is 0. The number of hydrogen-bond acceptors (Lipinski definition) is 3. The monoisotopic (exact) mass is 117 g/mol. The summed E-state index contributed by atoms with van der Waals surface area (Å²) in [6.07, 6.45) is 1.39. The number of nitrogens with two attached hydrogens (primary N) is 1. The minimum Gasteiger partial charge on any atom is -0.350 e. The largest absolute Gasteiger partial charge is 0.350 e. The number of hydrogen-bond donors (Lipinski definition) is 2. The maximum atomic E-state index is 9.78. The minimum absolute atomic E-state index is 0.431. The fraction of sp³-hybridized carbons (Fsp3) is 0. The third-order valence-corrected chi connectivity index (χ3v) is 0.590. The molecular formula is C2H3N3OS. The first-order valence-corrected chi connectivity index (χ1v) is 1.76. The van der Waals surface area contributed by atoms with Crippen LogP contribution >= 0.6 is 12.8 Å². The molecule has 0 radical (unpaired) electrons. The molecule has 5 heteroatoms. The zero-order valence-corrected chi connectivity index (χ0v) is 4.22. The average Bonchev–Trinajstić information content (AvgIpc) is 1.65. The number of thiol groups is 1. The Labute approximate surface area is 46.0 Å². The summed E-state index contributed by atoms with van der Waals surface area (Å²) in [5.41, 5.74) is 4.53. The topological polar surface area (TPSA) is 70.1 Å². The highest BCUT2D eigenvalue weighted by atomic mass is 32.1. The first-order chi connectivity index (χ1) is 3.18. The van der Waals surface area contributed by atoms with E-state index >= 15 is 0 Å². The van der Waals surface area contributed by atoms with E-state index in [1.807, 2.05) is 0 Å². The summed E-state index contributed by atoms with van der Waals surface area (Å²) < 4.78 is 0.431. The van der Waals surface area contributed by atoms with Crippen LogP contribution in [0, 0.1) is 11.5 Å². The number of carbonyl (C=O) groups is 1. The SMILES string of the molecule is N#CN(S)C(N)=O. The van der Waals surface area contributed by atoms with Crippen LogP contribution in [0.1, 0.15) is 0 Å². The van der Waals surface area contributed by atoms with E-state index in [-0.39, 0.29) is 0 Å². The lowest BCUT2D eigenvalue weighted by Gasteiger charge is -1.94. The van der Waals surface area contributed by atoms with Crippen LogP contribution in [-0.4, -0.2) is 10.3 Å². The van der Waals surface area contributed by atoms with Gasteiger partial charge in [0.15, 0.2) is 6.19 Å². The van der Waals surface area contributed by atoms with Crippen molar-refractivity contribution in [1.29, 1.82) is 5.26 Å². The first-order valence-electron chi connectivity index (χ1n) is 1.36. The number of rotatable bonds is 0. The molecule has 38 valence electrons. The molecule has 7 heavy (non-hydrogen) atoms. The molecule has 0 atom stereocenters. The van der Waals surface area contributed by atoms with E-state index in [1.54, 1.807) is 0 Å². The Morgan fingerprint density at radius 3 is 2.43 bits per heavy atom. The minimum atomic E-state index is -0.870. The van der Waals surface area contributed by atoms with Gasteiger partial charge >= 0.3 is 6.03 Å². The average molecular weight is 117 g/mol. The lowest BCUT2D eigenvalue weighted by atomic mass is 11.0. The van der Waals surface area contributed by atoms with Gasteiger partial charge in [-0.3, -0.25) is 0 Å². The number of carbonyl (C=O) groups excluding carboxylic acids is 1. The van der Waals surface area contributed by atoms with E-state index in [9.17, 15) is 4.79 Å². The van der Waals surface area contributed by atoms with E-state index in [1.165, 1.54) is 6.19 Å². The smallest absolute Gasteiger partial charge is 0.338 e. The van der Waals surface area contributed by atoms with E-state index in [0.29, 0.717) is 4.31 Å². The Morgan fingerprint density at radius 1 is 2.00 bits per heavy atom. The van der Waals surface area contributed by atoms with Gasteiger partial charge in [-0.25, -0.2) is 4.79 Å². The van der Waals surface area contributed by atoms with Gasteiger partial charge in [-0.05, 0) is 12.8 Å². The summed E-state index contributed by atoms with van der Waals surface area (Å²) >= 11 is 3.32. The maximum absolute atomic E-state index is 9.78. The predicted octanol–water partition coefficient (Wildman–Crippen LogP) is -0.307. The molecule has 0 unspecified atom stereocenters.